The molecule has 0 spiro atoms. The largest absolute Gasteiger partial charge is 0.462 e. The van der Waals surface area contributed by atoms with Crippen LogP contribution in [0.5, 0.6) is 0 Å². The molecule has 0 fully saturated rings. The quantitative estimate of drug-likeness (QED) is 0.525. The Morgan fingerprint density at radius 1 is 1.32 bits per heavy atom. The lowest BCUT2D eigenvalue weighted by Gasteiger charge is -2.11. The second-order valence-electron chi connectivity index (χ2n) is 5.04. The van der Waals surface area contributed by atoms with Gasteiger partial charge in [-0.25, -0.2) is 4.98 Å². The average molecular weight is 478 g/mol. The molecule has 4 nitrogen and oxygen atoms in total. The van der Waals surface area contributed by atoms with E-state index in [4.69, 9.17) is 4.42 Å². The van der Waals surface area contributed by atoms with E-state index in [0.29, 0.717) is 20.0 Å². The monoisotopic (exact) mass is 478 g/mol. The van der Waals surface area contributed by atoms with Gasteiger partial charge in [-0.05, 0) is 52.9 Å². The van der Waals surface area contributed by atoms with Crippen molar-refractivity contribution in [1.29, 1.82) is 0 Å². The summed E-state index contributed by atoms with van der Waals surface area (Å²) in [6, 6.07) is 6.71. The van der Waals surface area contributed by atoms with E-state index in [1.807, 2.05) is 22.6 Å². The minimum absolute atomic E-state index is 0.0382. The summed E-state index contributed by atoms with van der Waals surface area (Å²) in [4.78, 5) is 16.4. The number of carbonyl (C=O) groups is 1. The molecule has 0 atom stereocenters. The van der Waals surface area contributed by atoms with Gasteiger partial charge in [0.1, 0.15) is 0 Å². The van der Waals surface area contributed by atoms with Crippen molar-refractivity contribution < 1.29 is 22.4 Å². The molecule has 2 aromatic heterocycles. The number of nitrogens with zero attached hydrogens (tertiary/aromatic N) is 1. The van der Waals surface area contributed by atoms with E-state index in [1.165, 1.54) is 23.7 Å². The molecular weight excluding hydrogens is 468 g/mol. The van der Waals surface area contributed by atoms with Crippen LogP contribution in [-0.2, 0) is 17.4 Å². The molecule has 0 saturated heterocycles. The first-order valence-corrected chi connectivity index (χ1v) is 8.93. The third-order valence-corrected chi connectivity index (χ3v) is 5.04. The Hall–Kier alpha value is -1.88. The molecule has 0 unspecified atom stereocenters. The Balaban J connectivity index is 1.71. The molecule has 9 heteroatoms. The molecule has 0 bridgehead atoms. The van der Waals surface area contributed by atoms with E-state index in [-0.39, 0.29) is 12.1 Å². The predicted molar refractivity (Wildman–Crippen MR) is 96.3 cm³/mol. The van der Waals surface area contributed by atoms with Gasteiger partial charge in [0, 0.05) is 8.95 Å². The molecule has 0 aliphatic heterocycles. The molecule has 0 aliphatic rings. The smallest absolute Gasteiger partial charge is 0.416 e. The van der Waals surface area contributed by atoms with Gasteiger partial charge in [-0.2, -0.15) is 13.2 Å². The van der Waals surface area contributed by atoms with Crippen LogP contribution in [0.2, 0.25) is 0 Å². The van der Waals surface area contributed by atoms with Crippen molar-refractivity contribution in [3.8, 4) is 10.8 Å². The average Bonchev–Trinajstić information content (AvgIpc) is 3.19. The lowest BCUT2D eigenvalue weighted by atomic mass is 10.2. The highest BCUT2D eigenvalue weighted by molar-refractivity contribution is 14.1. The Morgan fingerprint density at radius 3 is 2.80 bits per heavy atom. The van der Waals surface area contributed by atoms with Crippen molar-refractivity contribution in [2.24, 2.45) is 0 Å². The Labute approximate surface area is 158 Å². The van der Waals surface area contributed by atoms with Crippen LogP contribution in [0.1, 0.15) is 11.3 Å². The molecule has 1 amide bonds. The van der Waals surface area contributed by atoms with Gasteiger partial charge in [-0.1, -0.05) is 0 Å². The fourth-order valence-electron chi connectivity index (χ4n) is 2.06. The molecule has 3 rings (SSSR count). The summed E-state index contributed by atoms with van der Waals surface area (Å²) >= 11 is 3.20. The first-order chi connectivity index (χ1) is 11.8. The van der Waals surface area contributed by atoms with Crippen molar-refractivity contribution in [3.63, 3.8) is 0 Å². The molecule has 0 radical (unpaired) electrons. The normalized spacial score (nSPS) is 11.5. The number of carbonyl (C=O) groups excluding carboxylic acids is 1. The lowest BCUT2D eigenvalue weighted by Crippen LogP contribution is -2.16. The first-order valence-electron chi connectivity index (χ1n) is 6.98. The van der Waals surface area contributed by atoms with Crippen LogP contribution >= 0.6 is 33.9 Å². The summed E-state index contributed by atoms with van der Waals surface area (Å²) in [5, 5.41) is 4.87. The van der Waals surface area contributed by atoms with E-state index in [9.17, 15) is 18.0 Å². The van der Waals surface area contributed by atoms with Crippen molar-refractivity contribution >= 4 is 45.5 Å². The second kappa shape index (κ2) is 7.16. The lowest BCUT2D eigenvalue weighted by molar-refractivity contribution is -0.137. The summed E-state index contributed by atoms with van der Waals surface area (Å²) in [6.07, 6.45) is -2.97. The summed E-state index contributed by atoms with van der Waals surface area (Å²) in [5.74, 6) is 0.164. The van der Waals surface area contributed by atoms with Gasteiger partial charge in [0.15, 0.2) is 10.8 Å². The zero-order chi connectivity index (χ0) is 18.0. The van der Waals surface area contributed by atoms with Crippen LogP contribution in [-0.4, -0.2) is 10.9 Å². The summed E-state index contributed by atoms with van der Waals surface area (Å²) < 4.78 is 44.1. The SMILES string of the molecule is O=C(Cc1csc(-c2ccco2)n1)Nc1cc(C(F)(F)F)ccc1I. The number of alkyl halides is 3. The third kappa shape index (κ3) is 4.40. The molecular formula is C16H10F3IN2O2S. The Morgan fingerprint density at radius 2 is 2.12 bits per heavy atom. The van der Waals surface area contributed by atoms with Crippen LogP contribution in [0.25, 0.3) is 10.8 Å². The first kappa shape index (κ1) is 17.9. The number of hydrogen-bond donors (Lipinski definition) is 1. The Kier molecular flexibility index (Phi) is 5.13. The van der Waals surface area contributed by atoms with Crippen LogP contribution in [0.15, 0.2) is 46.4 Å². The minimum Gasteiger partial charge on any atom is -0.462 e. The zero-order valence-electron chi connectivity index (χ0n) is 12.4. The van der Waals surface area contributed by atoms with Crippen LogP contribution in [0.3, 0.4) is 0 Å². The van der Waals surface area contributed by atoms with Gasteiger partial charge >= 0.3 is 6.18 Å². The van der Waals surface area contributed by atoms with Gasteiger partial charge in [-0.3, -0.25) is 4.79 Å². The van der Waals surface area contributed by atoms with E-state index in [2.05, 4.69) is 10.3 Å². The highest BCUT2D eigenvalue weighted by Gasteiger charge is 2.31. The van der Waals surface area contributed by atoms with E-state index in [1.54, 1.807) is 17.5 Å². The number of thiazole rings is 1. The summed E-state index contributed by atoms with van der Waals surface area (Å²) in [5.41, 5.74) is -0.158. The number of aromatic nitrogens is 1. The van der Waals surface area contributed by atoms with Crippen molar-refractivity contribution in [2.75, 3.05) is 5.32 Å². The van der Waals surface area contributed by atoms with E-state index < -0.39 is 17.6 Å². The maximum absolute atomic E-state index is 12.8. The van der Waals surface area contributed by atoms with Crippen molar-refractivity contribution in [1.82, 2.24) is 4.98 Å². The fraction of sp³-hybridized carbons (Fsp3) is 0.125. The highest BCUT2D eigenvalue weighted by Crippen LogP contribution is 2.32. The molecule has 3 aromatic rings. The highest BCUT2D eigenvalue weighted by atomic mass is 127. The zero-order valence-corrected chi connectivity index (χ0v) is 15.4. The Bertz CT molecular complexity index is 891. The topological polar surface area (TPSA) is 55.1 Å². The summed E-state index contributed by atoms with van der Waals surface area (Å²) in [6.45, 7) is 0. The molecule has 0 saturated carbocycles. The molecule has 0 aliphatic carbocycles. The molecule has 2 heterocycles. The van der Waals surface area contributed by atoms with Gasteiger partial charge < -0.3 is 9.73 Å². The van der Waals surface area contributed by atoms with Crippen molar-refractivity contribution in [2.45, 2.75) is 12.6 Å². The van der Waals surface area contributed by atoms with Crippen LogP contribution in [0.4, 0.5) is 18.9 Å². The van der Waals surface area contributed by atoms with E-state index >= 15 is 0 Å². The minimum atomic E-state index is -4.46. The third-order valence-electron chi connectivity index (χ3n) is 3.19. The number of furan rings is 1. The number of rotatable bonds is 4. The fourth-order valence-corrected chi connectivity index (χ4v) is 3.31. The number of halogens is 4. The second-order valence-corrected chi connectivity index (χ2v) is 7.06. The van der Waals surface area contributed by atoms with Gasteiger partial charge in [0.05, 0.1) is 29.6 Å². The van der Waals surface area contributed by atoms with Gasteiger partial charge in [0.2, 0.25) is 5.91 Å². The number of amides is 1. The van der Waals surface area contributed by atoms with Gasteiger partial charge in [-0.15, -0.1) is 11.3 Å². The number of nitrogens with one attached hydrogen (secondary N) is 1. The van der Waals surface area contributed by atoms with Crippen LogP contribution < -0.4 is 5.32 Å². The molecule has 25 heavy (non-hydrogen) atoms. The van der Waals surface area contributed by atoms with Gasteiger partial charge in [0.25, 0.3) is 0 Å². The standard InChI is InChI=1S/C16H10F3IN2O2S/c17-16(18,19)9-3-4-11(20)12(6-9)22-14(23)7-10-8-25-15(21-10)13-2-1-5-24-13/h1-6,8H,7H2,(H,22,23). The van der Waals surface area contributed by atoms with Crippen LogP contribution in [0, 0.1) is 3.57 Å². The number of anilines is 1. The molecule has 1 aromatic carbocycles. The predicted octanol–water partition coefficient (Wildman–Crippen LogP) is 5.21. The molecule has 1 N–H and O–H groups in total. The molecule has 130 valence electrons. The number of hydrogen-bond acceptors (Lipinski definition) is 4. The van der Waals surface area contributed by atoms with Crippen molar-refractivity contribution in [3.05, 3.63) is 56.8 Å². The number of benzene rings is 1. The maximum Gasteiger partial charge on any atom is 0.416 e. The van der Waals surface area contributed by atoms with E-state index in [0.717, 1.165) is 12.1 Å². The maximum atomic E-state index is 12.8. The summed E-state index contributed by atoms with van der Waals surface area (Å²) in [7, 11) is 0.